The van der Waals surface area contributed by atoms with Crippen LogP contribution in [0.1, 0.15) is 20.8 Å². The predicted octanol–water partition coefficient (Wildman–Crippen LogP) is 4.08. The molecule has 1 aromatic carbocycles. The van der Waals surface area contributed by atoms with E-state index < -0.39 is 24.0 Å². The number of amides is 1. The second-order valence-corrected chi connectivity index (χ2v) is 6.22. The Balaban J connectivity index is 1.67. The maximum atomic E-state index is 12.2. The number of hydrogen-bond acceptors (Lipinski definition) is 6. The molecule has 0 radical (unpaired) electrons. The van der Waals surface area contributed by atoms with Crippen LogP contribution in [0, 0.1) is 0 Å². The number of rotatable bonds is 5. The van der Waals surface area contributed by atoms with Crippen LogP contribution in [0.2, 0.25) is 0 Å². The van der Waals surface area contributed by atoms with E-state index in [2.05, 4.69) is 24.8 Å². The van der Waals surface area contributed by atoms with E-state index in [1.165, 1.54) is 19.2 Å². The number of alkyl halides is 3. The third kappa shape index (κ3) is 4.68. The Morgan fingerprint density at radius 3 is 2.57 bits per heavy atom. The van der Waals surface area contributed by atoms with E-state index in [0.717, 1.165) is 23.5 Å². The molecule has 0 bridgehead atoms. The van der Waals surface area contributed by atoms with Gasteiger partial charge in [0.05, 0.1) is 12.8 Å². The summed E-state index contributed by atoms with van der Waals surface area (Å²) < 4.78 is 44.8. The molecular weight excluding hydrogens is 399 g/mol. The monoisotopic (exact) mass is 411 g/mol. The van der Waals surface area contributed by atoms with Crippen molar-refractivity contribution in [3.8, 4) is 17.0 Å². The van der Waals surface area contributed by atoms with E-state index in [4.69, 9.17) is 0 Å². The maximum absolute atomic E-state index is 12.2. The lowest BCUT2D eigenvalue weighted by atomic mass is 10.2. The van der Waals surface area contributed by atoms with Crippen molar-refractivity contribution >= 4 is 28.3 Å². The van der Waals surface area contributed by atoms with E-state index in [1.54, 1.807) is 17.6 Å². The number of aromatic nitrogens is 2. The van der Waals surface area contributed by atoms with Crippen molar-refractivity contribution in [2.45, 2.75) is 6.36 Å². The van der Waals surface area contributed by atoms with E-state index in [1.807, 2.05) is 0 Å². The SMILES string of the molecule is COC(=O)c1cc(-c2csc(NC(=O)c3ccc(OC(F)(F)F)cc3)n2)c[nH]1. The molecule has 146 valence electrons. The lowest BCUT2D eigenvalue weighted by Gasteiger charge is -2.09. The zero-order chi connectivity index (χ0) is 20.3. The van der Waals surface area contributed by atoms with Gasteiger partial charge < -0.3 is 14.5 Å². The van der Waals surface area contributed by atoms with Crippen molar-refractivity contribution in [2.24, 2.45) is 0 Å². The first-order valence-corrected chi connectivity index (χ1v) is 8.53. The number of esters is 1. The lowest BCUT2D eigenvalue weighted by Crippen LogP contribution is -2.17. The highest BCUT2D eigenvalue weighted by molar-refractivity contribution is 7.14. The third-order valence-corrected chi connectivity index (χ3v) is 4.22. The first-order chi connectivity index (χ1) is 13.2. The van der Waals surface area contributed by atoms with Crippen LogP contribution in [0.3, 0.4) is 0 Å². The number of anilines is 1. The molecule has 0 aliphatic heterocycles. The summed E-state index contributed by atoms with van der Waals surface area (Å²) in [7, 11) is 1.26. The number of benzene rings is 1. The summed E-state index contributed by atoms with van der Waals surface area (Å²) in [6, 6.07) is 6.07. The molecule has 2 heterocycles. The van der Waals surface area contributed by atoms with Gasteiger partial charge >= 0.3 is 12.3 Å². The van der Waals surface area contributed by atoms with E-state index in [0.29, 0.717) is 11.3 Å². The van der Waals surface area contributed by atoms with Gasteiger partial charge in [0.15, 0.2) is 5.13 Å². The topological polar surface area (TPSA) is 93.3 Å². The summed E-state index contributed by atoms with van der Waals surface area (Å²) in [5.41, 5.74) is 1.56. The van der Waals surface area contributed by atoms with Crippen molar-refractivity contribution in [1.82, 2.24) is 9.97 Å². The Morgan fingerprint density at radius 2 is 1.93 bits per heavy atom. The molecule has 0 saturated carbocycles. The number of halogens is 3. The fourth-order valence-electron chi connectivity index (χ4n) is 2.21. The number of ether oxygens (including phenoxy) is 2. The minimum atomic E-state index is -4.80. The molecule has 0 aliphatic carbocycles. The van der Waals surface area contributed by atoms with Crippen molar-refractivity contribution in [2.75, 3.05) is 12.4 Å². The van der Waals surface area contributed by atoms with Gasteiger partial charge in [0, 0.05) is 22.7 Å². The molecule has 0 saturated heterocycles. The summed E-state index contributed by atoms with van der Waals surface area (Å²) in [5.74, 6) is -1.48. The van der Waals surface area contributed by atoms with Gasteiger partial charge in [-0.3, -0.25) is 10.1 Å². The molecule has 0 unspecified atom stereocenters. The fourth-order valence-corrected chi connectivity index (χ4v) is 2.93. The van der Waals surface area contributed by atoms with E-state index in [9.17, 15) is 22.8 Å². The smallest absolute Gasteiger partial charge is 0.464 e. The van der Waals surface area contributed by atoms with Gasteiger partial charge in [-0.15, -0.1) is 24.5 Å². The number of nitrogens with zero attached hydrogens (tertiary/aromatic N) is 1. The van der Waals surface area contributed by atoms with Gasteiger partial charge in [-0.1, -0.05) is 0 Å². The minimum Gasteiger partial charge on any atom is -0.464 e. The number of nitrogens with one attached hydrogen (secondary N) is 2. The van der Waals surface area contributed by atoms with Gasteiger partial charge in [-0.25, -0.2) is 9.78 Å². The normalized spacial score (nSPS) is 11.1. The highest BCUT2D eigenvalue weighted by atomic mass is 32.1. The first-order valence-electron chi connectivity index (χ1n) is 7.65. The number of thiazole rings is 1. The average molecular weight is 411 g/mol. The Labute approximate surface area is 160 Å². The zero-order valence-electron chi connectivity index (χ0n) is 14.2. The van der Waals surface area contributed by atoms with Gasteiger partial charge in [0.1, 0.15) is 11.4 Å². The molecule has 0 fully saturated rings. The van der Waals surface area contributed by atoms with Gasteiger partial charge in [0.2, 0.25) is 0 Å². The Morgan fingerprint density at radius 1 is 1.21 bits per heavy atom. The number of methoxy groups -OCH3 is 1. The predicted molar refractivity (Wildman–Crippen MR) is 94.3 cm³/mol. The summed E-state index contributed by atoms with van der Waals surface area (Å²) in [6.07, 6.45) is -3.22. The third-order valence-electron chi connectivity index (χ3n) is 3.46. The van der Waals surface area contributed by atoms with Crippen LogP contribution in [0.15, 0.2) is 41.9 Å². The molecule has 0 spiro atoms. The molecule has 0 aliphatic rings. The van der Waals surface area contributed by atoms with E-state index in [-0.39, 0.29) is 16.4 Å². The first kappa shape index (κ1) is 19.4. The standard InChI is InChI=1S/C17H12F3N3O4S/c1-26-15(25)12-6-10(7-21-12)13-8-28-16(22-13)23-14(24)9-2-4-11(5-3-9)27-17(18,19)20/h2-8,21H,1H3,(H,22,23,24). The molecule has 7 nitrogen and oxygen atoms in total. The molecule has 2 aromatic heterocycles. The Bertz CT molecular complexity index is 996. The van der Waals surface area contributed by atoms with E-state index >= 15 is 0 Å². The summed E-state index contributed by atoms with van der Waals surface area (Å²) in [4.78, 5) is 30.7. The molecule has 0 atom stereocenters. The fraction of sp³-hybridized carbons (Fsp3) is 0.118. The molecule has 1 amide bonds. The van der Waals surface area contributed by atoms with Crippen LogP contribution in [0.4, 0.5) is 18.3 Å². The number of H-pyrrole nitrogens is 1. The molecule has 2 N–H and O–H groups in total. The van der Waals surface area contributed by atoms with Crippen molar-refractivity contribution in [3.63, 3.8) is 0 Å². The molecular formula is C17H12F3N3O4S. The van der Waals surface area contributed by atoms with Gasteiger partial charge in [-0.2, -0.15) is 0 Å². The summed E-state index contributed by atoms with van der Waals surface area (Å²) in [6.45, 7) is 0. The van der Waals surface area contributed by atoms with Crippen molar-refractivity contribution in [3.05, 3.63) is 53.2 Å². The molecule has 28 heavy (non-hydrogen) atoms. The zero-order valence-corrected chi connectivity index (χ0v) is 15.0. The number of carbonyl (C=O) groups is 2. The highest BCUT2D eigenvalue weighted by Gasteiger charge is 2.31. The van der Waals surface area contributed by atoms with Gasteiger partial charge in [-0.05, 0) is 30.3 Å². The summed E-state index contributed by atoms with van der Waals surface area (Å²) in [5, 5.41) is 4.53. The number of carbonyl (C=O) groups excluding carboxylic acids is 2. The molecule has 11 heteroatoms. The largest absolute Gasteiger partial charge is 0.573 e. The maximum Gasteiger partial charge on any atom is 0.573 e. The van der Waals surface area contributed by atoms with Crippen molar-refractivity contribution in [1.29, 1.82) is 0 Å². The second-order valence-electron chi connectivity index (χ2n) is 5.36. The highest BCUT2D eigenvalue weighted by Crippen LogP contribution is 2.27. The van der Waals surface area contributed by atoms with Crippen LogP contribution in [0.25, 0.3) is 11.3 Å². The van der Waals surface area contributed by atoms with Crippen LogP contribution in [-0.4, -0.2) is 35.3 Å². The van der Waals surface area contributed by atoms with Gasteiger partial charge in [0.25, 0.3) is 5.91 Å². The Kier molecular flexibility index (Phi) is 5.36. The van der Waals surface area contributed by atoms with Crippen LogP contribution < -0.4 is 10.1 Å². The quantitative estimate of drug-likeness (QED) is 0.618. The van der Waals surface area contributed by atoms with Crippen LogP contribution in [-0.2, 0) is 4.74 Å². The van der Waals surface area contributed by atoms with Crippen LogP contribution in [0.5, 0.6) is 5.75 Å². The second kappa shape index (κ2) is 7.72. The minimum absolute atomic E-state index is 0.140. The van der Waals surface area contributed by atoms with Crippen LogP contribution >= 0.6 is 11.3 Å². The Hall–Kier alpha value is -3.34. The molecule has 3 rings (SSSR count). The lowest BCUT2D eigenvalue weighted by molar-refractivity contribution is -0.274. The summed E-state index contributed by atoms with van der Waals surface area (Å²) >= 11 is 1.16. The van der Waals surface area contributed by atoms with Crippen molar-refractivity contribution < 1.29 is 32.2 Å². The number of aromatic amines is 1. The molecule has 3 aromatic rings. The average Bonchev–Trinajstić information content (AvgIpc) is 3.29. The number of hydrogen-bond donors (Lipinski definition) is 2.